The summed E-state index contributed by atoms with van der Waals surface area (Å²) in [6.07, 6.45) is 4.12. The van der Waals surface area contributed by atoms with Gasteiger partial charge in [0.15, 0.2) is 0 Å². The molecule has 2 aromatic rings. The first-order valence-corrected chi connectivity index (χ1v) is 8.30. The Kier molecular flexibility index (Phi) is 7.40. The number of hydroxylamine groups is 1. The number of hydrogen-bond acceptors (Lipinski definition) is 5. The minimum atomic E-state index is -0.653. The summed E-state index contributed by atoms with van der Waals surface area (Å²) in [6, 6.07) is 8.21. The molecule has 26 heavy (non-hydrogen) atoms. The smallest absolute Gasteiger partial charge is 0.267 e. The Morgan fingerprint density at radius 1 is 1.15 bits per heavy atom. The fraction of sp³-hybridized carbons (Fsp3) is 0.118. The number of nitrogens with one attached hydrogen (secondary N) is 3. The van der Waals surface area contributed by atoms with Crippen LogP contribution in [0, 0.1) is 0 Å². The van der Waals surface area contributed by atoms with Crippen LogP contribution in [0.1, 0.15) is 15.9 Å². The van der Waals surface area contributed by atoms with Gasteiger partial charge in [-0.05, 0) is 42.0 Å². The van der Waals surface area contributed by atoms with Gasteiger partial charge in [-0.25, -0.2) is 10.5 Å². The lowest BCUT2D eigenvalue weighted by Crippen LogP contribution is -2.28. The Labute approximate surface area is 160 Å². The third-order valence-corrected chi connectivity index (χ3v) is 3.75. The predicted molar refractivity (Wildman–Crippen MR) is 100 cm³/mol. The van der Waals surface area contributed by atoms with Gasteiger partial charge < -0.3 is 10.6 Å². The Morgan fingerprint density at radius 3 is 2.54 bits per heavy atom. The fourth-order valence-corrected chi connectivity index (χ4v) is 2.31. The van der Waals surface area contributed by atoms with Gasteiger partial charge in [-0.1, -0.05) is 23.2 Å². The van der Waals surface area contributed by atoms with E-state index < -0.39 is 5.91 Å². The van der Waals surface area contributed by atoms with E-state index in [9.17, 15) is 9.59 Å². The van der Waals surface area contributed by atoms with E-state index >= 15 is 0 Å². The van der Waals surface area contributed by atoms with Crippen LogP contribution in [-0.4, -0.2) is 35.1 Å². The molecule has 1 aromatic carbocycles. The second-order valence-electron chi connectivity index (χ2n) is 5.10. The molecule has 2 rings (SSSR count). The number of anilines is 1. The molecule has 9 heteroatoms. The molecule has 1 aromatic heterocycles. The van der Waals surface area contributed by atoms with Crippen molar-refractivity contribution >= 4 is 46.9 Å². The highest BCUT2D eigenvalue weighted by Gasteiger charge is 2.05. The predicted octanol–water partition coefficient (Wildman–Crippen LogP) is 2.75. The molecule has 0 saturated carbocycles. The molecule has 0 aliphatic carbocycles. The first-order chi connectivity index (χ1) is 12.5. The topological polar surface area (TPSA) is 103 Å². The zero-order chi connectivity index (χ0) is 18.9. The summed E-state index contributed by atoms with van der Waals surface area (Å²) < 4.78 is 0. The third kappa shape index (κ3) is 6.03. The Balaban J connectivity index is 1.82. The summed E-state index contributed by atoms with van der Waals surface area (Å²) in [5.74, 6) is -0.402. The lowest BCUT2D eigenvalue weighted by molar-refractivity contribution is -0.124. The lowest BCUT2D eigenvalue weighted by Gasteiger charge is -2.09. The highest BCUT2D eigenvalue weighted by Crippen LogP contribution is 2.20. The summed E-state index contributed by atoms with van der Waals surface area (Å²) in [6.45, 7) is 0.798. The van der Waals surface area contributed by atoms with E-state index in [2.05, 4.69) is 15.6 Å². The quantitative estimate of drug-likeness (QED) is 0.250. The van der Waals surface area contributed by atoms with Crippen LogP contribution in [0.2, 0.25) is 10.0 Å². The van der Waals surface area contributed by atoms with E-state index in [1.807, 2.05) is 0 Å². The first kappa shape index (κ1) is 19.7. The van der Waals surface area contributed by atoms with Crippen molar-refractivity contribution in [2.45, 2.75) is 0 Å². The van der Waals surface area contributed by atoms with Crippen molar-refractivity contribution in [3.63, 3.8) is 0 Å². The fourth-order valence-electron chi connectivity index (χ4n) is 1.94. The molecule has 7 nitrogen and oxygen atoms in total. The van der Waals surface area contributed by atoms with Crippen molar-refractivity contribution < 1.29 is 14.8 Å². The molecule has 0 fully saturated rings. The highest BCUT2D eigenvalue weighted by atomic mass is 35.5. The van der Waals surface area contributed by atoms with Gasteiger partial charge in [-0.3, -0.25) is 14.8 Å². The minimum absolute atomic E-state index is 0.204. The molecule has 1 heterocycles. The van der Waals surface area contributed by atoms with Gasteiger partial charge in [0.05, 0.1) is 5.02 Å². The van der Waals surface area contributed by atoms with E-state index in [0.717, 1.165) is 6.08 Å². The van der Waals surface area contributed by atoms with Gasteiger partial charge in [0.25, 0.3) is 11.8 Å². The van der Waals surface area contributed by atoms with Crippen molar-refractivity contribution in [1.82, 2.24) is 15.8 Å². The molecule has 0 saturated heterocycles. The molecular formula is C17H16Cl2N4O3. The van der Waals surface area contributed by atoms with E-state index in [-0.39, 0.29) is 5.91 Å². The molecule has 4 N–H and O–H groups in total. The average Bonchev–Trinajstić information content (AvgIpc) is 2.64. The maximum atomic E-state index is 11.9. The van der Waals surface area contributed by atoms with E-state index in [1.165, 1.54) is 17.8 Å². The van der Waals surface area contributed by atoms with Gasteiger partial charge >= 0.3 is 0 Å². The summed E-state index contributed by atoms with van der Waals surface area (Å²) in [5, 5.41) is 15.1. The normalized spacial score (nSPS) is 10.6. The summed E-state index contributed by atoms with van der Waals surface area (Å²) in [7, 11) is 0. The van der Waals surface area contributed by atoms with Crippen LogP contribution in [0.3, 0.4) is 0 Å². The van der Waals surface area contributed by atoms with Crippen LogP contribution in [0.4, 0.5) is 5.82 Å². The molecule has 2 amide bonds. The average molecular weight is 395 g/mol. The SMILES string of the molecule is O=C(C=Cc1cnc(NCCNC(=O)c2ccc(Cl)cc2)c(Cl)c1)NO. The molecule has 0 radical (unpaired) electrons. The van der Waals surface area contributed by atoms with Crippen LogP contribution < -0.4 is 16.1 Å². The van der Waals surface area contributed by atoms with Gasteiger partial charge in [0.2, 0.25) is 0 Å². The number of hydrogen-bond donors (Lipinski definition) is 4. The lowest BCUT2D eigenvalue weighted by atomic mass is 10.2. The second kappa shape index (κ2) is 9.76. The standard InChI is InChI=1S/C17H16Cl2N4O3/c18-13-4-2-12(3-5-13)17(25)21-8-7-20-16-14(19)9-11(10-22-16)1-6-15(24)23-26/h1-6,9-10,26H,7-8H2,(H,20,22)(H,21,25)(H,23,24). The number of nitrogens with zero attached hydrogens (tertiary/aromatic N) is 1. The van der Waals surface area contributed by atoms with Gasteiger partial charge in [-0.2, -0.15) is 0 Å². The molecule has 0 aliphatic heterocycles. The monoisotopic (exact) mass is 394 g/mol. The molecule has 0 atom stereocenters. The molecule has 0 bridgehead atoms. The Hall–Kier alpha value is -2.61. The maximum absolute atomic E-state index is 11.9. The summed E-state index contributed by atoms with van der Waals surface area (Å²) >= 11 is 11.9. The van der Waals surface area contributed by atoms with Gasteiger partial charge in [-0.15, -0.1) is 0 Å². The van der Waals surface area contributed by atoms with Gasteiger partial charge in [0.1, 0.15) is 5.82 Å². The highest BCUT2D eigenvalue weighted by molar-refractivity contribution is 6.33. The number of aromatic nitrogens is 1. The number of amides is 2. The van der Waals surface area contributed by atoms with Crippen molar-refractivity contribution in [2.24, 2.45) is 0 Å². The number of halogens is 2. The van der Waals surface area contributed by atoms with Crippen LogP contribution in [0.25, 0.3) is 6.08 Å². The third-order valence-electron chi connectivity index (χ3n) is 3.21. The minimum Gasteiger partial charge on any atom is -0.367 e. The van der Waals surface area contributed by atoms with Crippen molar-refractivity contribution in [2.75, 3.05) is 18.4 Å². The van der Waals surface area contributed by atoms with Crippen LogP contribution >= 0.6 is 23.2 Å². The number of benzene rings is 1. The largest absolute Gasteiger partial charge is 0.367 e. The Bertz CT molecular complexity index is 810. The summed E-state index contributed by atoms with van der Waals surface area (Å²) in [4.78, 5) is 27.0. The number of pyridine rings is 1. The number of carbonyl (C=O) groups excluding carboxylic acids is 2. The molecular weight excluding hydrogens is 379 g/mol. The number of carbonyl (C=O) groups is 2. The zero-order valence-electron chi connectivity index (χ0n) is 13.5. The van der Waals surface area contributed by atoms with E-state index in [0.29, 0.717) is 40.1 Å². The van der Waals surface area contributed by atoms with Crippen molar-refractivity contribution in [3.05, 3.63) is 63.8 Å². The molecule has 0 unspecified atom stereocenters. The van der Waals surface area contributed by atoms with E-state index in [1.54, 1.807) is 30.3 Å². The number of rotatable bonds is 7. The van der Waals surface area contributed by atoms with Gasteiger partial charge in [0, 0.05) is 35.9 Å². The molecule has 0 spiro atoms. The first-order valence-electron chi connectivity index (χ1n) is 7.55. The van der Waals surface area contributed by atoms with Crippen LogP contribution in [-0.2, 0) is 4.79 Å². The Morgan fingerprint density at radius 2 is 1.88 bits per heavy atom. The second-order valence-corrected chi connectivity index (χ2v) is 5.94. The summed E-state index contributed by atoms with van der Waals surface area (Å²) in [5.41, 5.74) is 2.61. The van der Waals surface area contributed by atoms with E-state index in [4.69, 9.17) is 28.4 Å². The maximum Gasteiger partial charge on any atom is 0.267 e. The van der Waals surface area contributed by atoms with Crippen molar-refractivity contribution in [3.8, 4) is 0 Å². The molecule has 136 valence electrons. The zero-order valence-corrected chi connectivity index (χ0v) is 15.0. The van der Waals surface area contributed by atoms with Crippen LogP contribution in [0.15, 0.2) is 42.6 Å². The molecule has 0 aliphatic rings. The van der Waals surface area contributed by atoms with Crippen molar-refractivity contribution in [1.29, 1.82) is 0 Å². The van der Waals surface area contributed by atoms with Crippen LogP contribution in [0.5, 0.6) is 0 Å².